The zero-order valence-corrected chi connectivity index (χ0v) is 12.2. The second-order valence-corrected chi connectivity index (χ2v) is 5.87. The van der Waals surface area contributed by atoms with Crippen LogP contribution in [-0.4, -0.2) is 23.4 Å². The highest BCUT2D eigenvalue weighted by molar-refractivity contribution is 5.79. The minimum atomic E-state index is 0.302. The molecule has 2 nitrogen and oxygen atoms in total. The summed E-state index contributed by atoms with van der Waals surface area (Å²) in [7, 11) is 0. The average molecular weight is 239 g/mol. The molecule has 0 aliphatic heterocycles. The van der Waals surface area contributed by atoms with Gasteiger partial charge in [-0.15, -0.1) is 0 Å². The summed E-state index contributed by atoms with van der Waals surface area (Å²) in [6, 6.07) is 0.343. The molecule has 100 valence electrons. The molecule has 1 aliphatic carbocycles. The summed E-state index contributed by atoms with van der Waals surface area (Å²) in [5.41, 5.74) is 0. The van der Waals surface area contributed by atoms with E-state index in [2.05, 4.69) is 34.6 Å². The molecule has 3 unspecified atom stereocenters. The third kappa shape index (κ3) is 3.46. The monoisotopic (exact) mass is 239 g/mol. The first kappa shape index (κ1) is 14.5. The summed E-state index contributed by atoms with van der Waals surface area (Å²) in [6.45, 7) is 11.7. The van der Waals surface area contributed by atoms with Crippen LogP contribution in [-0.2, 0) is 4.79 Å². The van der Waals surface area contributed by atoms with Gasteiger partial charge in [0.1, 0.15) is 0 Å². The Balaban J connectivity index is 2.55. The van der Waals surface area contributed by atoms with E-state index in [-0.39, 0.29) is 0 Å². The lowest BCUT2D eigenvalue weighted by Crippen LogP contribution is -2.40. The molecule has 1 fully saturated rings. The summed E-state index contributed by atoms with van der Waals surface area (Å²) < 4.78 is 0. The van der Waals surface area contributed by atoms with E-state index in [0.29, 0.717) is 17.9 Å². The molecule has 0 aromatic carbocycles. The van der Waals surface area contributed by atoms with Crippen molar-refractivity contribution in [3.05, 3.63) is 0 Å². The van der Waals surface area contributed by atoms with E-state index in [1.54, 1.807) is 0 Å². The summed E-state index contributed by atoms with van der Waals surface area (Å²) in [5.74, 6) is 2.26. The van der Waals surface area contributed by atoms with E-state index in [1.807, 2.05) is 4.90 Å². The van der Waals surface area contributed by atoms with Crippen molar-refractivity contribution in [3.8, 4) is 0 Å². The van der Waals surface area contributed by atoms with Crippen molar-refractivity contribution >= 4 is 5.91 Å². The number of nitrogens with zero attached hydrogens (tertiary/aromatic N) is 1. The zero-order chi connectivity index (χ0) is 13.0. The average Bonchev–Trinajstić information content (AvgIpc) is 2.77. The first-order valence-corrected chi connectivity index (χ1v) is 7.31. The maximum absolute atomic E-state index is 12.4. The van der Waals surface area contributed by atoms with Crippen LogP contribution in [0.4, 0.5) is 0 Å². The molecule has 0 aromatic heterocycles. The molecule has 17 heavy (non-hydrogen) atoms. The highest BCUT2D eigenvalue weighted by Crippen LogP contribution is 2.37. The van der Waals surface area contributed by atoms with Gasteiger partial charge in [-0.05, 0) is 51.9 Å². The van der Waals surface area contributed by atoms with Crippen molar-refractivity contribution in [2.75, 3.05) is 6.54 Å². The van der Waals surface area contributed by atoms with Crippen LogP contribution in [0.5, 0.6) is 0 Å². The second-order valence-electron chi connectivity index (χ2n) is 5.87. The van der Waals surface area contributed by atoms with E-state index < -0.39 is 0 Å². The number of rotatable bonds is 5. The predicted molar refractivity (Wildman–Crippen MR) is 72.8 cm³/mol. The molecule has 0 heterocycles. The fourth-order valence-corrected chi connectivity index (χ4v) is 3.10. The Morgan fingerprint density at radius 1 is 1.24 bits per heavy atom. The van der Waals surface area contributed by atoms with Crippen LogP contribution in [0, 0.1) is 17.8 Å². The van der Waals surface area contributed by atoms with Gasteiger partial charge in [-0.3, -0.25) is 4.79 Å². The van der Waals surface area contributed by atoms with Crippen molar-refractivity contribution < 1.29 is 4.79 Å². The minimum absolute atomic E-state index is 0.302. The summed E-state index contributed by atoms with van der Waals surface area (Å²) in [5, 5.41) is 0. The molecular formula is C15H29NO. The van der Waals surface area contributed by atoms with Gasteiger partial charge in [-0.1, -0.05) is 20.3 Å². The number of hydrogen-bond donors (Lipinski definition) is 0. The lowest BCUT2D eigenvalue weighted by molar-refractivity contribution is -0.136. The zero-order valence-electron chi connectivity index (χ0n) is 12.2. The first-order valence-electron chi connectivity index (χ1n) is 7.31. The van der Waals surface area contributed by atoms with Gasteiger partial charge >= 0.3 is 0 Å². The van der Waals surface area contributed by atoms with Gasteiger partial charge in [0, 0.05) is 18.5 Å². The molecule has 1 aliphatic rings. The van der Waals surface area contributed by atoms with Crippen molar-refractivity contribution in [3.63, 3.8) is 0 Å². The van der Waals surface area contributed by atoms with Crippen molar-refractivity contribution in [1.82, 2.24) is 4.90 Å². The van der Waals surface area contributed by atoms with Crippen LogP contribution in [0.1, 0.15) is 60.3 Å². The minimum Gasteiger partial charge on any atom is -0.340 e. The van der Waals surface area contributed by atoms with Crippen LogP contribution in [0.2, 0.25) is 0 Å². The van der Waals surface area contributed by atoms with Crippen LogP contribution in [0.3, 0.4) is 0 Å². The number of amides is 1. The second kappa shape index (κ2) is 6.42. The Morgan fingerprint density at radius 2 is 1.88 bits per heavy atom. The van der Waals surface area contributed by atoms with Gasteiger partial charge in [0.25, 0.3) is 0 Å². The normalized spacial score (nSPS) is 26.2. The molecule has 0 bridgehead atoms. The Kier molecular flexibility index (Phi) is 5.48. The Bertz CT molecular complexity index is 249. The topological polar surface area (TPSA) is 20.3 Å². The van der Waals surface area contributed by atoms with Crippen molar-refractivity contribution in [1.29, 1.82) is 0 Å². The molecule has 1 amide bonds. The van der Waals surface area contributed by atoms with Crippen LogP contribution < -0.4 is 0 Å². The fourth-order valence-electron chi connectivity index (χ4n) is 3.10. The number of hydrogen-bond acceptors (Lipinski definition) is 1. The molecule has 0 N–H and O–H groups in total. The van der Waals surface area contributed by atoms with Gasteiger partial charge in [0.2, 0.25) is 5.91 Å². The van der Waals surface area contributed by atoms with E-state index in [1.165, 1.54) is 12.8 Å². The molecule has 2 heteroatoms. The van der Waals surface area contributed by atoms with E-state index in [0.717, 1.165) is 31.2 Å². The Morgan fingerprint density at radius 3 is 2.35 bits per heavy atom. The maximum atomic E-state index is 12.4. The smallest absolute Gasteiger partial charge is 0.225 e. The molecule has 0 spiro atoms. The number of carbonyl (C=O) groups is 1. The molecule has 3 atom stereocenters. The third-order valence-corrected chi connectivity index (χ3v) is 4.52. The standard InChI is InChI=1S/C15H29NO/c1-6-12(5)13-8-9-14(10-13)15(17)16(7-2)11(3)4/h11-14H,6-10H2,1-5H3. The highest BCUT2D eigenvalue weighted by Gasteiger charge is 2.34. The van der Waals surface area contributed by atoms with Gasteiger partial charge in [0.15, 0.2) is 0 Å². The highest BCUT2D eigenvalue weighted by atomic mass is 16.2. The van der Waals surface area contributed by atoms with Gasteiger partial charge in [-0.25, -0.2) is 0 Å². The Hall–Kier alpha value is -0.530. The SMILES string of the molecule is CCC(C)C1CCC(C(=O)N(CC)C(C)C)C1. The maximum Gasteiger partial charge on any atom is 0.225 e. The molecule has 0 radical (unpaired) electrons. The number of carbonyl (C=O) groups excluding carboxylic acids is 1. The van der Waals surface area contributed by atoms with Crippen LogP contribution in [0.25, 0.3) is 0 Å². The lowest BCUT2D eigenvalue weighted by Gasteiger charge is -2.28. The van der Waals surface area contributed by atoms with E-state index in [4.69, 9.17) is 0 Å². The van der Waals surface area contributed by atoms with Crippen LogP contribution >= 0.6 is 0 Å². The lowest BCUT2D eigenvalue weighted by atomic mass is 9.89. The van der Waals surface area contributed by atoms with Gasteiger partial charge in [0.05, 0.1) is 0 Å². The van der Waals surface area contributed by atoms with Crippen LogP contribution in [0.15, 0.2) is 0 Å². The largest absolute Gasteiger partial charge is 0.340 e. The third-order valence-electron chi connectivity index (χ3n) is 4.52. The quantitative estimate of drug-likeness (QED) is 0.716. The molecule has 0 aromatic rings. The van der Waals surface area contributed by atoms with Crippen molar-refractivity contribution in [2.45, 2.75) is 66.3 Å². The summed E-state index contributed by atoms with van der Waals surface area (Å²) in [6.07, 6.45) is 4.72. The molecular weight excluding hydrogens is 210 g/mol. The Labute approximate surface area is 107 Å². The van der Waals surface area contributed by atoms with Gasteiger partial charge < -0.3 is 4.90 Å². The summed E-state index contributed by atoms with van der Waals surface area (Å²) in [4.78, 5) is 14.4. The molecule has 1 rings (SSSR count). The predicted octanol–water partition coefficient (Wildman–Crippen LogP) is 3.71. The van der Waals surface area contributed by atoms with Gasteiger partial charge in [-0.2, -0.15) is 0 Å². The molecule has 1 saturated carbocycles. The van der Waals surface area contributed by atoms with E-state index >= 15 is 0 Å². The van der Waals surface area contributed by atoms with E-state index in [9.17, 15) is 4.79 Å². The first-order chi connectivity index (χ1) is 8.01. The van der Waals surface area contributed by atoms with Crippen molar-refractivity contribution in [2.24, 2.45) is 17.8 Å². The molecule has 0 saturated heterocycles. The summed E-state index contributed by atoms with van der Waals surface area (Å²) >= 11 is 0. The fraction of sp³-hybridized carbons (Fsp3) is 0.933.